The molecule has 0 unspecified atom stereocenters. The van der Waals surface area contributed by atoms with Gasteiger partial charge >= 0.3 is 0 Å². The maximum atomic E-state index is 5.14. The molecule has 0 spiro atoms. The number of aromatic nitrogens is 3. The number of methoxy groups -OCH3 is 1. The smallest absolute Gasteiger partial charge is 0.183 e. The number of nitrogens with one attached hydrogen (secondary N) is 2. The average molecular weight is 293 g/mol. The van der Waals surface area contributed by atoms with Crippen LogP contribution < -0.4 is 10.2 Å². The lowest BCUT2D eigenvalue weighted by Gasteiger charge is -2.21. The number of hydrogen-bond acceptors (Lipinski definition) is 6. The maximum Gasteiger partial charge on any atom is 0.183 e. The molecular weight excluding hydrogens is 274 g/mol. The average Bonchev–Trinajstić information content (AvgIpc) is 3.06. The van der Waals surface area contributed by atoms with E-state index in [0.29, 0.717) is 0 Å². The second kappa shape index (κ2) is 5.80. The van der Waals surface area contributed by atoms with E-state index in [1.54, 1.807) is 18.4 Å². The first-order valence-corrected chi connectivity index (χ1v) is 7.60. The topological polar surface area (TPSA) is 66.1 Å². The minimum absolute atomic E-state index is 0.782. The largest absolute Gasteiger partial charge is 0.385 e. The number of aromatic amines is 1. The highest BCUT2D eigenvalue weighted by molar-refractivity contribution is 7.16. The van der Waals surface area contributed by atoms with Gasteiger partial charge in [-0.1, -0.05) is 0 Å². The molecule has 108 valence electrons. The van der Waals surface area contributed by atoms with Crippen molar-refractivity contribution < 1.29 is 4.74 Å². The number of fused-ring (bicyclic) bond motifs is 3. The Morgan fingerprint density at radius 2 is 2.45 bits per heavy atom. The van der Waals surface area contributed by atoms with Gasteiger partial charge < -0.3 is 15.0 Å². The third-order valence-electron chi connectivity index (χ3n) is 3.49. The van der Waals surface area contributed by atoms with Crippen LogP contribution in [0, 0.1) is 0 Å². The molecule has 0 aliphatic carbocycles. The fourth-order valence-electron chi connectivity index (χ4n) is 2.50. The summed E-state index contributed by atoms with van der Waals surface area (Å²) in [7, 11) is 3.65. The molecule has 3 heterocycles. The molecule has 0 atom stereocenters. The van der Waals surface area contributed by atoms with Crippen molar-refractivity contribution in [3.8, 4) is 11.3 Å². The van der Waals surface area contributed by atoms with Gasteiger partial charge in [0.25, 0.3) is 0 Å². The zero-order valence-electron chi connectivity index (χ0n) is 11.8. The van der Waals surface area contributed by atoms with Gasteiger partial charge in [-0.05, 0) is 6.42 Å². The molecular formula is C13H19N5OS. The second-order valence-electron chi connectivity index (χ2n) is 4.76. The number of anilines is 2. The molecule has 7 heteroatoms. The van der Waals surface area contributed by atoms with E-state index in [4.69, 9.17) is 4.74 Å². The van der Waals surface area contributed by atoms with E-state index in [2.05, 4.69) is 25.4 Å². The minimum Gasteiger partial charge on any atom is -0.385 e. The molecule has 1 aliphatic rings. The molecule has 0 saturated heterocycles. The normalized spacial score (nSPS) is 13.8. The van der Waals surface area contributed by atoms with E-state index in [9.17, 15) is 0 Å². The number of thiazole rings is 1. The molecule has 1 aliphatic heterocycles. The zero-order chi connectivity index (χ0) is 13.9. The first-order chi connectivity index (χ1) is 9.83. The van der Waals surface area contributed by atoms with Gasteiger partial charge in [0.05, 0.1) is 17.5 Å². The highest BCUT2D eigenvalue weighted by atomic mass is 32.1. The molecule has 20 heavy (non-hydrogen) atoms. The van der Waals surface area contributed by atoms with E-state index < -0.39 is 0 Å². The lowest BCUT2D eigenvalue weighted by atomic mass is 10.2. The summed E-state index contributed by atoms with van der Waals surface area (Å²) in [5.41, 5.74) is 2.17. The zero-order valence-corrected chi connectivity index (χ0v) is 12.6. The van der Waals surface area contributed by atoms with Crippen LogP contribution in [0.3, 0.4) is 0 Å². The van der Waals surface area contributed by atoms with Crippen molar-refractivity contribution in [1.82, 2.24) is 15.2 Å². The summed E-state index contributed by atoms with van der Waals surface area (Å²) >= 11 is 1.73. The molecule has 2 N–H and O–H groups in total. The van der Waals surface area contributed by atoms with E-state index in [1.807, 2.05) is 13.2 Å². The molecule has 2 aromatic rings. The van der Waals surface area contributed by atoms with Crippen molar-refractivity contribution in [2.24, 2.45) is 0 Å². The summed E-state index contributed by atoms with van der Waals surface area (Å²) in [5.74, 6) is 1.08. The van der Waals surface area contributed by atoms with Gasteiger partial charge in [0.15, 0.2) is 5.13 Å². The summed E-state index contributed by atoms with van der Waals surface area (Å²) in [6.07, 6.45) is 3.91. The van der Waals surface area contributed by atoms with Crippen LogP contribution in [0.1, 0.15) is 11.3 Å². The maximum absolute atomic E-state index is 5.14. The first-order valence-electron chi connectivity index (χ1n) is 6.78. The van der Waals surface area contributed by atoms with Crippen molar-refractivity contribution >= 4 is 22.3 Å². The molecule has 6 nitrogen and oxygen atoms in total. The number of ether oxygens (including phenoxy) is 1. The van der Waals surface area contributed by atoms with Crippen LogP contribution in [-0.2, 0) is 11.2 Å². The Bertz CT molecular complexity index is 579. The van der Waals surface area contributed by atoms with Crippen molar-refractivity contribution in [3.63, 3.8) is 0 Å². The Morgan fingerprint density at radius 1 is 1.55 bits per heavy atom. The van der Waals surface area contributed by atoms with Crippen LogP contribution in [0.5, 0.6) is 0 Å². The predicted octanol–water partition coefficient (Wildman–Crippen LogP) is 1.97. The van der Waals surface area contributed by atoms with Gasteiger partial charge in [-0.3, -0.25) is 5.10 Å². The summed E-state index contributed by atoms with van der Waals surface area (Å²) < 4.78 is 5.14. The van der Waals surface area contributed by atoms with Gasteiger partial charge in [0, 0.05) is 45.2 Å². The molecule has 0 aromatic carbocycles. The van der Waals surface area contributed by atoms with Crippen molar-refractivity contribution in [3.05, 3.63) is 11.1 Å². The SMILES string of the molecule is CNc1nc2c(s1)CCN(CCCOC)c1[nH]ncc1-2. The quantitative estimate of drug-likeness (QED) is 0.825. The summed E-state index contributed by atoms with van der Waals surface area (Å²) in [5, 5.41) is 11.4. The second-order valence-corrected chi connectivity index (χ2v) is 5.84. The standard InChI is InChI=1S/C13H19N5OS/c1-14-13-16-11-9-8-15-17-12(9)18(5-3-7-19-2)6-4-10(11)20-13/h8H,3-7H2,1-2H3,(H,14,16)(H,15,17). The summed E-state index contributed by atoms with van der Waals surface area (Å²) in [6, 6.07) is 0. The van der Waals surface area contributed by atoms with Crippen LogP contribution in [0.4, 0.5) is 10.9 Å². The van der Waals surface area contributed by atoms with Gasteiger partial charge in [-0.25, -0.2) is 4.98 Å². The van der Waals surface area contributed by atoms with Crippen LogP contribution >= 0.6 is 11.3 Å². The highest BCUT2D eigenvalue weighted by Crippen LogP contribution is 2.38. The van der Waals surface area contributed by atoms with E-state index >= 15 is 0 Å². The number of H-pyrrole nitrogens is 1. The Morgan fingerprint density at radius 3 is 3.25 bits per heavy atom. The number of rotatable bonds is 5. The summed E-state index contributed by atoms with van der Waals surface area (Å²) in [6.45, 7) is 2.73. The van der Waals surface area contributed by atoms with E-state index in [1.165, 1.54) is 4.88 Å². The molecule has 3 rings (SSSR count). The predicted molar refractivity (Wildman–Crippen MR) is 81.7 cm³/mol. The lowest BCUT2D eigenvalue weighted by molar-refractivity contribution is 0.196. The van der Waals surface area contributed by atoms with Gasteiger partial charge in [-0.15, -0.1) is 11.3 Å². The van der Waals surface area contributed by atoms with Crippen LogP contribution in [0.2, 0.25) is 0 Å². The monoisotopic (exact) mass is 293 g/mol. The van der Waals surface area contributed by atoms with Crippen LogP contribution in [-0.4, -0.2) is 49.0 Å². The molecule has 2 aromatic heterocycles. The fourth-order valence-corrected chi connectivity index (χ4v) is 3.42. The van der Waals surface area contributed by atoms with Crippen LogP contribution in [0.15, 0.2) is 6.20 Å². The minimum atomic E-state index is 0.782. The third kappa shape index (κ3) is 2.38. The fraction of sp³-hybridized carbons (Fsp3) is 0.538. The van der Waals surface area contributed by atoms with Crippen molar-refractivity contribution in [1.29, 1.82) is 0 Å². The lowest BCUT2D eigenvalue weighted by Crippen LogP contribution is -2.27. The van der Waals surface area contributed by atoms with Crippen molar-refractivity contribution in [2.45, 2.75) is 12.8 Å². The third-order valence-corrected chi connectivity index (χ3v) is 4.62. The van der Waals surface area contributed by atoms with Gasteiger partial charge in [0.2, 0.25) is 0 Å². The molecule has 0 amide bonds. The highest BCUT2D eigenvalue weighted by Gasteiger charge is 2.24. The van der Waals surface area contributed by atoms with Gasteiger partial charge in [0.1, 0.15) is 5.82 Å². The Labute approximate surface area is 122 Å². The number of nitrogens with zero attached hydrogens (tertiary/aromatic N) is 3. The molecule has 0 fully saturated rings. The molecule has 0 saturated carbocycles. The Balaban J connectivity index is 1.89. The van der Waals surface area contributed by atoms with Gasteiger partial charge in [-0.2, -0.15) is 5.10 Å². The molecule has 0 bridgehead atoms. The summed E-state index contributed by atoms with van der Waals surface area (Å²) in [4.78, 5) is 8.34. The Kier molecular flexibility index (Phi) is 3.88. The Hall–Kier alpha value is -1.60. The molecule has 0 radical (unpaired) electrons. The van der Waals surface area contributed by atoms with Crippen LogP contribution in [0.25, 0.3) is 11.3 Å². The van der Waals surface area contributed by atoms with E-state index in [-0.39, 0.29) is 0 Å². The van der Waals surface area contributed by atoms with E-state index in [0.717, 1.165) is 54.7 Å². The first kappa shape index (κ1) is 13.4. The number of hydrogen-bond donors (Lipinski definition) is 2. The van der Waals surface area contributed by atoms with Crippen molar-refractivity contribution in [2.75, 3.05) is 44.1 Å².